The number of amides is 2. The Morgan fingerprint density at radius 2 is 2.24 bits per heavy atom. The van der Waals surface area contributed by atoms with Crippen LogP contribution in [0, 0.1) is 11.8 Å². The van der Waals surface area contributed by atoms with Gasteiger partial charge in [0.15, 0.2) is 0 Å². The van der Waals surface area contributed by atoms with Crippen LogP contribution in [0.25, 0.3) is 0 Å². The molecule has 2 amide bonds. The van der Waals surface area contributed by atoms with E-state index in [2.05, 4.69) is 22.3 Å². The molecule has 3 aliphatic rings. The normalized spacial score (nSPS) is 29.5. The first-order chi connectivity index (χ1) is 14.1. The summed E-state index contributed by atoms with van der Waals surface area (Å²) in [6.45, 7) is 3.63. The van der Waals surface area contributed by atoms with E-state index in [0.29, 0.717) is 18.9 Å². The van der Waals surface area contributed by atoms with Crippen molar-refractivity contribution < 1.29 is 14.3 Å². The molecule has 8 nitrogen and oxygen atoms in total. The molecule has 2 aromatic heterocycles. The highest BCUT2D eigenvalue weighted by Crippen LogP contribution is 2.52. The fraction of sp³-hybridized carbons (Fsp3) is 0.429. The second-order valence-corrected chi connectivity index (χ2v) is 7.84. The summed E-state index contributed by atoms with van der Waals surface area (Å²) in [5.41, 5.74) is 0.0996. The van der Waals surface area contributed by atoms with E-state index in [1.54, 1.807) is 28.0 Å². The van der Waals surface area contributed by atoms with Crippen molar-refractivity contribution in [3.63, 3.8) is 0 Å². The smallest absolute Gasteiger partial charge is 0.232 e. The number of fused-ring (bicyclic) bond motifs is 1. The molecule has 4 atom stereocenters. The number of rotatable bonds is 6. The van der Waals surface area contributed by atoms with E-state index in [-0.39, 0.29) is 17.9 Å². The van der Waals surface area contributed by atoms with Crippen molar-refractivity contribution >= 4 is 17.6 Å². The third kappa shape index (κ3) is 2.86. The molecule has 0 aromatic carbocycles. The Labute approximate surface area is 168 Å². The summed E-state index contributed by atoms with van der Waals surface area (Å²) >= 11 is 0. The third-order valence-corrected chi connectivity index (χ3v) is 5.96. The number of nitrogens with zero attached hydrogens (tertiary/aromatic N) is 4. The number of aryl methyl sites for hydroxylation is 1. The Hall–Kier alpha value is -3.00. The molecule has 29 heavy (non-hydrogen) atoms. The van der Waals surface area contributed by atoms with Gasteiger partial charge in [0.05, 0.1) is 42.9 Å². The van der Waals surface area contributed by atoms with Crippen molar-refractivity contribution in [2.24, 2.45) is 11.8 Å². The van der Waals surface area contributed by atoms with Crippen LogP contribution >= 0.6 is 0 Å². The molecule has 0 aliphatic carbocycles. The van der Waals surface area contributed by atoms with Crippen molar-refractivity contribution in [1.82, 2.24) is 19.7 Å². The van der Waals surface area contributed by atoms with Crippen LogP contribution < -0.4 is 5.32 Å². The highest BCUT2D eigenvalue weighted by molar-refractivity contribution is 5.98. The van der Waals surface area contributed by atoms with Crippen LogP contribution in [0.5, 0.6) is 0 Å². The number of hydrogen-bond donors (Lipinski definition) is 1. The second kappa shape index (κ2) is 6.81. The van der Waals surface area contributed by atoms with Crippen molar-refractivity contribution in [2.45, 2.75) is 38.1 Å². The van der Waals surface area contributed by atoms with Gasteiger partial charge in [-0.25, -0.2) is 4.68 Å². The van der Waals surface area contributed by atoms with E-state index in [0.717, 1.165) is 18.7 Å². The van der Waals surface area contributed by atoms with Crippen molar-refractivity contribution in [3.8, 4) is 0 Å². The number of pyridine rings is 1. The Kier molecular flexibility index (Phi) is 4.24. The van der Waals surface area contributed by atoms with Crippen LogP contribution in [-0.2, 0) is 27.4 Å². The van der Waals surface area contributed by atoms with Gasteiger partial charge >= 0.3 is 0 Å². The molecule has 2 fully saturated rings. The summed E-state index contributed by atoms with van der Waals surface area (Å²) in [5, 5.41) is 7.21. The van der Waals surface area contributed by atoms with Crippen molar-refractivity contribution in [3.05, 3.63) is 54.5 Å². The third-order valence-electron chi connectivity index (χ3n) is 5.96. The van der Waals surface area contributed by atoms with Crippen LogP contribution in [0.1, 0.15) is 19.0 Å². The number of likely N-dealkylation sites (tertiary alicyclic amines) is 1. The molecule has 8 heteroatoms. The van der Waals surface area contributed by atoms with Gasteiger partial charge in [0.1, 0.15) is 11.4 Å². The SMILES string of the molecule is CCCn1nccc1NC(=O)C1C2C=C[C@]3(CN(Cc4ccccn4)C(=O)C13)O2. The second-order valence-electron chi connectivity index (χ2n) is 7.84. The van der Waals surface area contributed by atoms with Crippen LogP contribution in [0.4, 0.5) is 5.82 Å². The van der Waals surface area contributed by atoms with Crippen LogP contribution in [0.2, 0.25) is 0 Å². The molecular formula is C21H23N5O3. The molecule has 0 saturated carbocycles. The summed E-state index contributed by atoms with van der Waals surface area (Å²) in [5.74, 6) is -0.662. The lowest BCUT2D eigenvalue weighted by Gasteiger charge is -2.23. The number of ether oxygens (including phenoxy) is 1. The molecule has 1 N–H and O–H groups in total. The summed E-state index contributed by atoms with van der Waals surface area (Å²) in [4.78, 5) is 32.5. The molecular weight excluding hydrogens is 370 g/mol. The molecule has 2 bridgehead atoms. The number of anilines is 1. The van der Waals surface area contributed by atoms with Gasteiger partial charge in [-0.3, -0.25) is 14.6 Å². The molecule has 5 heterocycles. The standard InChI is InChI=1S/C21H23N5O3/c1-2-11-26-16(7-10-23-26)24-19(27)17-15-6-8-21(29-15)13-25(20(28)18(17)21)12-14-5-3-4-9-22-14/h3-10,15,17-18H,2,11-13H2,1H3,(H,24,27)/t15?,17?,18?,21-/m1/s1. The van der Waals surface area contributed by atoms with E-state index in [1.807, 2.05) is 30.4 Å². The first-order valence-corrected chi connectivity index (χ1v) is 10.00. The molecule has 0 radical (unpaired) electrons. The van der Waals surface area contributed by atoms with Crippen LogP contribution in [-0.4, -0.2) is 49.7 Å². The molecule has 1 spiro atoms. The fourth-order valence-corrected chi connectivity index (χ4v) is 4.74. The largest absolute Gasteiger partial charge is 0.360 e. The summed E-state index contributed by atoms with van der Waals surface area (Å²) in [6, 6.07) is 7.42. The maximum atomic E-state index is 13.2. The van der Waals surface area contributed by atoms with Gasteiger partial charge < -0.3 is 15.0 Å². The van der Waals surface area contributed by atoms with Gasteiger partial charge in [-0.2, -0.15) is 5.10 Å². The molecule has 3 aliphatic heterocycles. The Morgan fingerprint density at radius 1 is 1.34 bits per heavy atom. The van der Waals surface area contributed by atoms with E-state index < -0.39 is 17.4 Å². The number of aromatic nitrogens is 3. The quantitative estimate of drug-likeness (QED) is 0.753. The van der Waals surface area contributed by atoms with Gasteiger partial charge in [0.2, 0.25) is 11.8 Å². The number of carbonyl (C=O) groups excluding carboxylic acids is 2. The molecule has 2 aromatic rings. The first-order valence-electron chi connectivity index (χ1n) is 10.00. The predicted molar refractivity (Wildman–Crippen MR) is 105 cm³/mol. The number of nitrogens with one attached hydrogen (secondary N) is 1. The average molecular weight is 393 g/mol. The summed E-state index contributed by atoms with van der Waals surface area (Å²) in [6.07, 6.45) is 7.80. The van der Waals surface area contributed by atoms with Crippen LogP contribution in [0.3, 0.4) is 0 Å². The van der Waals surface area contributed by atoms with Gasteiger partial charge in [0.25, 0.3) is 0 Å². The predicted octanol–water partition coefficient (Wildman–Crippen LogP) is 1.61. The molecule has 3 unspecified atom stereocenters. The summed E-state index contributed by atoms with van der Waals surface area (Å²) < 4.78 is 7.94. The summed E-state index contributed by atoms with van der Waals surface area (Å²) in [7, 11) is 0. The van der Waals surface area contributed by atoms with Gasteiger partial charge in [-0.05, 0) is 18.6 Å². The number of hydrogen-bond acceptors (Lipinski definition) is 5. The van der Waals surface area contributed by atoms with E-state index in [4.69, 9.17) is 4.74 Å². The van der Waals surface area contributed by atoms with Gasteiger partial charge in [-0.15, -0.1) is 0 Å². The Balaban J connectivity index is 1.37. The lowest BCUT2D eigenvalue weighted by Crippen LogP contribution is -2.41. The monoisotopic (exact) mass is 393 g/mol. The van der Waals surface area contributed by atoms with E-state index in [1.165, 1.54) is 0 Å². The average Bonchev–Trinajstić information content (AvgIpc) is 3.46. The zero-order chi connectivity index (χ0) is 20.0. The zero-order valence-electron chi connectivity index (χ0n) is 16.2. The van der Waals surface area contributed by atoms with Crippen molar-refractivity contribution in [1.29, 1.82) is 0 Å². The minimum atomic E-state index is -0.720. The van der Waals surface area contributed by atoms with E-state index >= 15 is 0 Å². The van der Waals surface area contributed by atoms with Crippen molar-refractivity contribution in [2.75, 3.05) is 11.9 Å². The molecule has 2 saturated heterocycles. The van der Waals surface area contributed by atoms with E-state index in [9.17, 15) is 9.59 Å². The first kappa shape index (κ1) is 18.1. The highest BCUT2D eigenvalue weighted by Gasteiger charge is 2.66. The molecule has 150 valence electrons. The lowest BCUT2D eigenvalue weighted by atomic mass is 9.77. The minimum absolute atomic E-state index is 0.0512. The minimum Gasteiger partial charge on any atom is -0.360 e. The maximum Gasteiger partial charge on any atom is 0.232 e. The highest BCUT2D eigenvalue weighted by atomic mass is 16.5. The number of carbonyl (C=O) groups is 2. The lowest BCUT2D eigenvalue weighted by molar-refractivity contribution is -0.136. The zero-order valence-corrected chi connectivity index (χ0v) is 16.2. The maximum absolute atomic E-state index is 13.2. The topological polar surface area (TPSA) is 89.4 Å². The fourth-order valence-electron chi connectivity index (χ4n) is 4.74. The van der Waals surface area contributed by atoms with Crippen LogP contribution in [0.15, 0.2) is 48.8 Å². The van der Waals surface area contributed by atoms with Gasteiger partial charge in [-0.1, -0.05) is 25.1 Å². The Bertz CT molecular complexity index is 972. The Morgan fingerprint density at radius 3 is 3.03 bits per heavy atom. The van der Waals surface area contributed by atoms with Gasteiger partial charge in [0, 0.05) is 18.8 Å². The molecule has 5 rings (SSSR count).